The summed E-state index contributed by atoms with van der Waals surface area (Å²) in [5.74, 6) is 0. The number of anilines is 1. The first kappa shape index (κ1) is 12.6. The fourth-order valence-corrected chi connectivity index (χ4v) is 1.82. The number of nitrogens with one attached hydrogen (secondary N) is 1. The number of benzene rings is 1. The molecule has 1 heterocycles. The molecule has 3 nitrogen and oxygen atoms in total. The predicted molar refractivity (Wildman–Crippen MR) is 73.5 cm³/mol. The number of rotatable bonds is 5. The maximum atomic E-state index is 8.85. The molecule has 0 radical (unpaired) electrons. The van der Waals surface area contributed by atoms with Crippen LogP contribution in [-0.4, -0.2) is 16.7 Å². The maximum Gasteiger partial charge on any atom is 0.0471 e. The Morgan fingerprint density at radius 2 is 1.94 bits per heavy atom. The van der Waals surface area contributed by atoms with Crippen molar-refractivity contribution in [2.24, 2.45) is 0 Å². The van der Waals surface area contributed by atoms with Gasteiger partial charge in [0.1, 0.15) is 0 Å². The van der Waals surface area contributed by atoms with Crippen molar-refractivity contribution >= 4 is 5.69 Å². The van der Waals surface area contributed by atoms with E-state index in [1.165, 1.54) is 5.56 Å². The van der Waals surface area contributed by atoms with Crippen LogP contribution in [0, 0.1) is 6.92 Å². The van der Waals surface area contributed by atoms with E-state index in [-0.39, 0.29) is 6.61 Å². The van der Waals surface area contributed by atoms with Crippen LogP contribution in [0.1, 0.15) is 16.8 Å². The molecule has 0 spiro atoms. The molecule has 0 fully saturated rings. The van der Waals surface area contributed by atoms with E-state index in [0.717, 1.165) is 23.5 Å². The quantitative estimate of drug-likeness (QED) is 0.847. The highest BCUT2D eigenvalue weighted by atomic mass is 16.2. The molecule has 94 valence electrons. The van der Waals surface area contributed by atoms with Crippen molar-refractivity contribution in [3.63, 3.8) is 0 Å². The molecule has 0 saturated carbocycles. The van der Waals surface area contributed by atoms with Gasteiger partial charge in [-0.05, 0) is 42.7 Å². The molecule has 0 atom stereocenters. The van der Waals surface area contributed by atoms with Crippen LogP contribution in [0.5, 0.6) is 0 Å². The van der Waals surface area contributed by atoms with Gasteiger partial charge in [0, 0.05) is 30.7 Å². The molecule has 0 aliphatic rings. The Morgan fingerprint density at radius 1 is 1.17 bits per heavy atom. The van der Waals surface area contributed by atoms with Gasteiger partial charge in [0.15, 0.2) is 0 Å². The van der Waals surface area contributed by atoms with E-state index in [1.807, 2.05) is 43.5 Å². The fraction of sp³-hybridized carbons (Fsp3) is 0.267. The molecule has 0 saturated heterocycles. The van der Waals surface area contributed by atoms with E-state index in [4.69, 9.17) is 5.11 Å². The number of hydrogen-bond donors (Lipinski definition) is 2. The average molecular weight is 242 g/mol. The molecule has 2 N–H and O–H groups in total. The summed E-state index contributed by atoms with van der Waals surface area (Å²) in [5.41, 5.74) is 4.50. The molecule has 0 aliphatic carbocycles. The highest BCUT2D eigenvalue weighted by molar-refractivity contribution is 5.45. The van der Waals surface area contributed by atoms with Gasteiger partial charge in [-0.15, -0.1) is 0 Å². The third-order valence-electron chi connectivity index (χ3n) is 2.95. The van der Waals surface area contributed by atoms with Crippen LogP contribution < -0.4 is 5.32 Å². The molecule has 0 bridgehead atoms. The number of nitrogens with zero attached hydrogens (tertiary/aromatic N) is 1. The third-order valence-corrected chi connectivity index (χ3v) is 2.95. The Morgan fingerprint density at radius 3 is 2.61 bits per heavy atom. The molecule has 0 aliphatic heterocycles. The normalized spacial score (nSPS) is 10.3. The average Bonchev–Trinajstić information content (AvgIpc) is 2.40. The van der Waals surface area contributed by atoms with E-state index in [9.17, 15) is 0 Å². The lowest BCUT2D eigenvalue weighted by atomic mass is 10.1. The molecule has 0 amide bonds. The molecule has 3 heteroatoms. The van der Waals surface area contributed by atoms with E-state index < -0.39 is 0 Å². The van der Waals surface area contributed by atoms with Crippen LogP contribution in [-0.2, 0) is 13.0 Å². The van der Waals surface area contributed by atoms with Crippen molar-refractivity contribution in [3.8, 4) is 0 Å². The Balaban J connectivity index is 1.96. The minimum atomic E-state index is 0.196. The van der Waals surface area contributed by atoms with Crippen LogP contribution in [0.25, 0.3) is 0 Å². The summed E-state index contributed by atoms with van der Waals surface area (Å²) in [5, 5.41) is 12.2. The number of aliphatic hydroxyl groups excluding tert-OH is 1. The summed E-state index contributed by atoms with van der Waals surface area (Å²) >= 11 is 0. The van der Waals surface area contributed by atoms with Crippen molar-refractivity contribution in [1.29, 1.82) is 0 Å². The SMILES string of the molecule is Cc1ncccc1CNc1ccc(CCO)cc1. The Bertz CT molecular complexity index is 494. The zero-order valence-corrected chi connectivity index (χ0v) is 10.6. The van der Waals surface area contributed by atoms with Crippen molar-refractivity contribution in [2.45, 2.75) is 19.9 Å². The van der Waals surface area contributed by atoms with Gasteiger partial charge in [-0.3, -0.25) is 4.98 Å². The third kappa shape index (κ3) is 3.31. The van der Waals surface area contributed by atoms with E-state index >= 15 is 0 Å². The molecule has 1 aromatic heterocycles. The minimum absolute atomic E-state index is 0.196. The molecule has 2 rings (SSSR count). The van der Waals surface area contributed by atoms with Crippen LogP contribution in [0.2, 0.25) is 0 Å². The van der Waals surface area contributed by atoms with Gasteiger partial charge in [-0.25, -0.2) is 0 Å². The number of aromatic nitrogens is 1. The molecule has 2 aromatic rings. The Kier molecular flexibility index (Phi) is 4.31. The van der Waals surface area contributed by atoms with E-state index in [1.54, 1.807) is 0 Å². The van der Waals surface area contributed by atoms with E-state index in [0.29, 0.717) is 6.42 Å². The summed E-state index contributed by atoms with van der Waals surface area (Å²) in [6.07, 6.45) is 2.52. The van der Waals surface area contributed by atoms with Crippen LogP contribution in [0.15, 0.2) is 42.6 Å². The van der Waals surface area contributed by atoms with Crippen molar-refractivity contribution in [3.05, 3.63) is 59.4 Å². The lowest BCUT2D eigenvalue weighted by molar-refractivity contribution is 0.299. The summed E-state index contributed by atoms with van der Waals surface area (Å²) in [4.78, 5) is 4.26. The topological polar surface area (TPSA) is 45.2 Å². The van der Waals surface area contributed by atoms with Crippen molar-refractivity contribution in [2.75, 3.05) is 11.9 Å². The summed E-state index contributed by atoms with van der Waals surface area (Å²) < 4.78 is 0. The van der Waals surface area contributed by atoms with Gasteiger partial charge in [-0.2, -0.15) is 0 Å². The van der Waals surface area contributed by atoms with Crippen LogP contribution in [0.4, 0.5) is 5.69 Å². The summed E-state index contributed by atoms with van der Waals surface area (Å²) in [7, 11) is 0. The first-order valence-electron chi connectivity index (χ1n) is 6.14. The lowest BCUT2D eigenvalue weighted by Gasteiger charge is -2.09. The molecular formula is C15H18N2O. The van der Waals surface area contributed by atoms with Crippen LogP contribution >= 0.6 is 0 Å². The number of hydrogen-bond acceptors (Lipinski definition) is 3. The van der Waals surface area contributed by atoms with Crippen molar-refractivity contribution < 1.29 is 5.11 Å². The largest absolute Gasteiger partial charge is 0.396 e. The second-order valence-electron chi connectivity index (χ2n) is 4.27. The monoisotopic (exact) mass is 242 g/mol. The van der Waals surface area contributed by atoms with Gasteiger partial charge in [0.25, 0.3) is 0 Å². The summed E-state index contributed by atoms with van der Waals surface area (Å²) in [6, 6.07) is 12.2. The number of aliphatic hydroxyl groups is 1. The van der Waals surface area contributed by atoms with Gasteiger partial charge < -0.3 is 10.4 Å². The summed E-state index contributed by atoms with van der Waals surface area (Å²) in [6.45, 7) is 2.99. The van der Waals surface area contributed by atoms with Gasteiger partial charge >= 0.3 is 0 Å². The fourth-order valence-electron chi connectivity index (χ4n) is 1.82. The maximum absolute atomic E-state index is 8.85. The highest BCUT2D eigenvalue weighted by Crippen LogP contribution is 2.12. The van der Waals surface area contributed by atoms with Gasteiger partial charge in [0.05, 0.1) is 0 Å². The first-order valence-corrected chi connectivity index (χ1v) is 6.14. The van der Waals surface area contributed by atoms with Gasteiger partial charge in [-0.1, -0.05) is 18.2 Å². The predicted octanol–water partition coefficient (Wildman–Crippen LogP) is 2.54. The second-order valence-corrected chi connectivity index (χ2v) is 4.27. The van der Waals surface area contributed by atoms with E-state index in [2.05, 4.69) is 16.4 Å². The minimum Gasteiger partial charge on any atom is -0.396 e. The molecular weight excluding hydrogens is 224 g/mol. The lowest BCUT2D eigenvalue weighted by Crippen LogP contribution is -2.02. The zero-order valence-electron chi connectivity index (χ0n) is 10.6. The Hall–Kier alpha value is -1.87. The number of pyridine rings is 1. The molecule has 18 heavy (non-hydrogen) atoms. The number of aryl methyl sites for hydroxylation is 1. The highest BCUT2D eigenvalue weighted by Gasteiger charge is 1.98. The zero-order chi connectivity index (χ0) is 12.8. The Labute approximate surface area is 108 Å². The van der Waals surface area contributed by atoms with Gasteiger partial charge in [0.2, 0.25) is 0 Å². The first-order chi connectivity index (χ1) is 8.79. The standard InChI is InChI=1S/C15H18N2O/c1-12-14(3-2-9-16-12)11-17-15-6-4-13(5-7-15)8-10-18/h2-7,9,17-18H,8,10-11H2,1H3. The van der Waals surface area contributed by atoms with Crippen molar-refractivity contribution in [1.82, 2.24) is 4.98 Å². The molecule has 0 unspecified atom stereocenters. The smallest absolute Gasteiger partial charge is 0.0471 e. The molecule has 1 aromatic carbocycles. The van der Waals surface area contributed by atoms with Crippen LogP contribution in [0.3, 0.4) is 0 Å². The second kappa shape index (κ2) is 6.17.